The topological polar surface area (TPSA) is 142 Å². The average Bonchev–Trinajstić information content (AvgIpc) is 3.48. The number of H-pyrrole nitrogens is 1. The van der Waals surface area contributed by atoms with Crippen LogP contribution in [0, 0.1) is 31.6 Å². The molecule has 2 fully saturated rings. The Labute approximate surface area is 282 Å². The Morgan fingerprint density at radius 2 is 1.67 bits per heavy atom. The lowest BCUT2D eigenvalue weighted by Gasteiger charge is -2.27. The minimum Gasteiger partial charge on any atom is -0.349 e. The summed E-state index contributed by atoms with van der Waals surface area (Å²) in [5, 5.41) is 9.59. The van der Waals surface area contributed by atoms with E-state index in [-0.39, 0.29) is 36.0 Å². The number of nitrogens with one attached hydrogen (secondary N) is 4. The fourth-order valence-electron chi connectivity index (χ4n) is 7.32. The number of aryl methyl sites for hydroxylation is 2. The monoisotopic (exact) mass is 648 g/mol. The molecule has 48 heavy (non-hydrogen) atoms. The summed E-state index contributed by atoms with van der Waals surface area (Å²) in [7, 11) is 0. The molecular formula is C39H48N6O3. The van der Waals surface area contributed by atoms with E-state index in [0.29, 0.717) is 30.1 Å². The molecule has 4 aromatic rings. The second-order valence-electron chi connectivity index (χ2n) is 13.8. The molecule has 252 valence electrons. The lowest BCUT2D eigenvalue weighted by atomic mass is 9.77. The molecule has 0 spiro atoms. The van der Waals surface area contributed by atoms with Crippen LogP contribution in [0.5, 0.6) is 0 Å². The lowest BCUT2D eigenvalue weighted by molar-refractivity contribution is -0.129. The van der Waals surface area contributed by atoms with Crippen LogP contribution in [0.4, 0.5) is 5.69 Å². The quantitative estimate of drug-likeness (QED) is 0.138. The molecule has 0 radical (unpaired) electrons. The lowest BCUT2D eigenvalue weighted by Crippen LogP contribution is -2.42. The van der Waals surface area contributed by atoms with Crippen molar-refractivity contribution in [1.29, 1.82) is 0 Å². The third-order valence-electron chi connectivity index (χ3n) is 10.2. The Morgan fingerprint density at radius 3 is 2.38 bits per heavy atom. The summed E-state index contributed by atoms with van der Waals surface area (Å²) in [6.07, 6.45) is 6.18. The Kier molecular flexibility index (Phi) is 10.7. The van der Waals surface area contributed by atoms with Crippen molar-refractivity contribution >= 4 is 34.3 Å². The van der Waals surface area contributed by atoms with Crippen molar-refractivity contribution in [2.45, 2.75) is 71.3 Å². The van der Waals surface area contributed by atoms with E-state index in [1.165, 1.54) is 0 Å². The Hall–Kier alpha value is -4.34. The molecule has 3 aromatic carbocycles. The van der Waals surface area contributed by atoms with Gasteiger partial charge in [0.1, 0.15) is 11.6 Å². The number of anilines is 1. The van der Waals surface area contributed by atoms with Gasteiger partial charge in [-0.1, -0.05) is 30.3 Å². The maximum absolute atomic E-state index is 13.8. The number of benzene rings is 3. The largest absolute Gasteiger partial charge is 0.349 e. The Balaban J connectivity index is 1.15. The number of Topliss-reactive ketones (excluding diaryl/α,β-unsaturated/α-hetero) is 1. The summed E-state index contributed by atoms with van der Waals surface area (Å²) in [5.74, 6) is 0.766. The number of piperidine rings is 1. The first kappa shape index (κ1) is 33.6. The highest BCUT2D eigenvalue weighted by atomic mass is 16.2. The van der Waals surface area contributed by atoms with Crippen LogP contribution < -0.4 is 21.7 Å². The van der Waals surface area contributed by atoms with E-state index in [2.05, 4.69) is 38.1 Å². The second kappa shape index (κ2) is 15.3. The minimum atomic E-state index is -0.505. The highest BCUT2D eigenvalue weighted by molar-refractivity contribution is 5.97. The van der Waals surface area contributed by atoms with Gasteiger partial charge in [-0.3, -0.25) is 14.4 Å². The van der Waals surface area contributed by atoms with Gasteiger partial charge in [0.15, 0.2) is 0 Å². The van der Waals surface area contributed by atoms with Crippen LogP contribution in [0.3, 0.4) is 0 Å². The molecule has 9 heteroatoms. The van der Waals surface area contributed by atoms with Crippen molar-refractivity contribution in [3.05, 3.63) is 83.2 Å². The molecule has 2 aliphatic rings. The number of carbonyl (C=O) groups is 3. The van der Waals surface area contributed by atoms with Gasteiger partial charge in [0.05, 0.1) is 11.0 Å². The molecular weight excluding hydrogens is 600 g/mol. The summed E-state index contributed by atoms with van der Waals surface area (Å²) in [5.41, 5.74) is 13.0. The predicted octanol–water partition coefficient (Wildman–Crippen LogP) is 5.85. The van der Waals surface area contributed by atoms with Crippen LogP contribution in [0.1, 0.15) is 72.3 Å². The molecule has 2 heterocycles. The number of aromatic amines is 1. The smallest absolute Gasteiger partial charge is 0.251 e. The minimum absolute atomic E-state index is 0.0116. The average molecular weight is 649 g/mol. The van der Waals surface area contributed by atoms with Crippen LogP contribution >= 0.6 is 0 Å². The maximum Gasteiger partial charge on any atom is 0.251 e. The number of hydrogen-bond acceptors (Lipinski definition) is 6. The molecule has 1 aliphatic carbocycles. The Bertz CT molecular complexity index is 1750. The molecule has 6 N–H and O–H groups in total. The third-order valence-corrected chi connectivity index (χ3v) is 10.2. The highest BCUT2D eigenvalue weighted by Gasteiger charge is 2.30. The fraction of sp³-hybridized carbons (Fsp3) is 0.436. The van der Waals surface area contributed by atoms with Gasteiger partial charge < -0.3 is 26.7 Å². The van der Waals surface area contributed by atoms with Gasteiger partial charge in [-0.15, -0.1) is 0 Å². The van der Waals surface area contributed by atoms with E-state index in [1.54, 1.807) is 0 Å². The van der Waals surface area contributed by atoms with Crippen molar-refractivity contribution in [1.82, 2.24) is 20.6 Å². The van der Waals surface area contributed by atoms with Crippen LogP contribution in [-0.2, 0) is 16.0 Å². The van der Waals surface area contributed by atoms with E-state index < -0.39 is 5.92 Å². The number of hydrogen-bond donors (Lipinski definition) is 5. The van der Waals surface area contributed by atoms with Crippen LogP contribution in [-0.4, -0.2) is 53.2 Å². The number of ketones is 1. The molecule has 6 rings (SSSR count). The summed E-state index contributed by atoms with van der Waals surface area (Å²) in [6.45, 7) is 6.45. The van der Waals surface area contributed by atoms with Crippen LogP contribution in [0.25, 0.3) is 22.2 Å². The molecule has 2 amide bonds. The van der Waals surface area contributed by atoms with E-state index in [4.69, 9.17) is 5.73 Å². The number of imidazole rings is 1. The first-order valence-corrected chi connectivity index (χ1v) is 17.5. The number of rotatable bonds is 11. The van der Waals surface area contributed by atoms with Crippen molar-refractivity contribution < 1.29 is 14.4 Å². The van der Waals surface area contributed by atoms with E-state index >= 15 is 0 Å². The first-order chi connectivity index (χ1) is 23.2. The zero-order chi connectivity index (χ0) is 33.6. The standard InChI is InChI=1S/C39H48N6O3/c1-24-19-30(38(47)44-32-15-17-41-18-16-32)11-13-34(24)28-7-3-26(4-8-28)20-31(21-37(46)29-9-5-27(23-40)6-10-29)39(48)45-33-12-14-35-36(22-33)43-25(2)42-35/h3-4,7-8,11-14,19,22,27,29,31-32,41H,5-6,9-10,15-18,20-21,23,40H2,1-2H3,(H,42,43)(H,44,47)(H,45,48)/t27?,29?,31-/m1/s1. The second-order valence-corrected chi connectivity index (χ2v) is 13.8. The zero-order valence-electron chi connectivity index (χ0n) is 28.1. The van der Waals surface area contributed by atoms with Gasteiger partial charge in [0.25, 0.3) is 5.91 Å². The summed E-state index contributed by atoms with van der Waals surface area (Å²) in [4.78, 5) is 47.9. The van der Waals surface area contributed by atoms with Gasteiger partial charge in [-0.05, 0) is 137 Å². The van der Waals surface area contributed by atoms with E-state index in [1.807, 2.05) is 62.4 Å². The SMILES string of the molecule is Cc1nc2ccc(NC(=O)[C@@H](CC(=O)C3CCC(CN)CC3)Cc3ccc(-c4ccc(C(=O)NC5CCNCC5)cc4C)cc3)cc2[nH]1. The molecule has 1 atom stereocenters. The molecule has 1 aromatic heterocycles. The predicted molar refractivity (Wildman–Crippen MR) is 191 cm³/mol. The van der Waals surface area contributed by atoms with Crippen LogP contribution in [0.15, 0.2) is 60.7 Å². The third kappa shape index (κ3) is 8.20. The normalized spacial score (nSPS) is 19.1. The number of nitrogens with zero attached hydrogens (tertiary/aromatic N) is 1. The molecule has 1 saturated carbocycles. The van der Waals surface area contributed by atoms with Gasteiger partial charge >= 0.3 is 0 Å². The number of aromatic nitrogens is 2. The number of amides is 2. The summed E-state index contributed by atoms with van der Waals surface area (Å²) in [6, 6.07) is 19.9. The number of fused-ring (bicyclic) bond motifs is 1. The van der Waals surface area contributed by atoms with Crippen molar-refractivity contribution in [2.75, 3.05) is 25.0 Å². The van der Waals surface area contributed by atoms with Crippen LogP contribution in [0.2, 0.25) is 0 Å². The van der Waals surface area contributed by atoms with E-state index in [0.717, 1.165) is 90.7 Å². The fourth-order valence-corrected chi connectivity index (χ4v) is 7.32. The molecule has 9 nitrogen and oxygen atoms in total. The van der Waals surface area contributed by atoms with E-state index in [9.17, 15) is 14.4 Å². The number of carbonyl (C=O) groups excluding carboxylic acids is 3. The zero-order valence-corrected chi connectivity index (χ0v) is 28.1. The number of nitrogens with two attached hydrogens (primary N) is 1. The summed E-state index contributed by atoms with van der Waals surface area (Å²) >= 11 is 0. The van der Waals surface area contributed by atoms with Gasteiger partial charge in [-0.25, -0.2) is 4.98 Å². The van der Waals surface area contributed by atoms with Gasteiger partial charge in [0.2, 0.25) is 5.91 Å². The van der Waals surface area contributed by atoms with Crippen molar-refractivity contribution in [2.24, 2.45) is 23.5 Å². The summed E-state index contributed by atoms with van der Waals surface area (Å²) < 4.78 is 0. The van der Waals surface area contributed by atoms with Gasteiger partial charge in [0, 0.05) is 35.5 Å². The molecule has 0 bridgehead atoms. The Morgan fingerprint density at radius 1 is 0.917 bits per heavy atom. The first-order valence-electron chi connectivity index (χ1n) is 17.5. The highest BCUT2D eigenvalue weighted by Crippen LogP contribution is 2.32. The maximum atomic E-state index is 13.8. The van der Waals surface area contributed by atoms with Crippen molar-refractivity contribution in [3.63, 3.8) is 0 Å². The molecule has 1 saturated heterocycles. The molecule has 0 unspecified atom stereocenters. The van der Waals surface area contributed by atoms with Gasteiger partial charge in [-0.2, -0.15) is 0 Å². The molecule has 1 aliphatic heterocycles. The van der Waals surface area contributed by atoms with Crippen molar-refractivity contribution in [3.8, 4) is 11.1 Å².